The van der Waals surface area contributed by atoms with E-state index >= 15 is 0 Å². The summed E-state index contributed by atoms with van der Waals surface area (Å²) in [6.45, 7) is 3.52. The lowest BCUT2D eigenvalue weighted by Crippen LogP contribution is -2.41. The molecule has 0 saturated carbocycles. The van der Waals surface area contributed by atoms with Crippen LogP contribution in [0.5, 0.6) is 0 Å². The van der Waals surface area contributed by atoms with Crippen LogP contribution in [0.3, 0.4) is 0 Å². The van der Waals surface area contributed by atoms with Gasteiger partial charge in [0.2, 0.25) is 0 Å². The van der Waals surface area contributed by atoms with Crippen molar-refractivity contribution in [1.29, 1.82) is 0 Å². The van der Waals surface area contributed by atoms with Gasteiger partial charge in [-0.2, -0.15) is 13.2 Å². The Morgan fingerprint density at radius 1 is 1.36 bits per heavy atom. The van der Waals surface area contributed by atoms with Gasteiger partial charge in [-0.15, -0.1) is 0 Å². The third-order valence-electron chi connectivity index (χ3n) is 1.71. The van der Waals surface area contributed by atoms with E-state index in [2.05, 4.69) is 0 Å². The average Bonchev–Trinajstić information content (AvgIpc) is 1.85. The summed E-state index contributed by atoms with van der Waals surface area (Å²) in [7, 11) is 1.49. The molecule has 0 aliphatic carbocycles. The molecule has 0 spiro atoms. The van der Waals surface area contributed by atoms with Gasteiger partial charge in [0.05, 0.1) is 0 Å². The van der Waals surface area contributed by atoms with Gasteiger partial charge in [-0.05, 0) is 26.9 Å². The van der Waals surface area contributed by atoms with Gasteiger partial charge < -0.3 is 0 Å². The monoisotopic (exact) mass is 169 g/mol. The van der Waals surface area contributed by atoms with Crippen LogP contribution >= 0.6 is 0 Å². The molecule has 0 aromatic carbocycles. The molecule has 0 heterocycles. The van der Waals surface area contributed by atoms with Crippen LogP contribution in [0.25, 0.3) is 0 Å². The minimum Gasteiger partial charge on any atom is -0.296 e. The lowest BCUT2D eigenvalue weighted by Gasteiger charge is -2.25. The molecule has 0 aliphatic rings. The Bertz CT molecular complexity index is 111. The standard InChI is InChI=1S/C7H14F3N/c1-4-5-11(3)6(2)7(8,9)10/h6H,4-5H2,1-3H3/t6-/m1/s1. The molecule has 0 saturated heterocycles. The highest BCUT2D eigenvalue weighted by molar-refractivity contribution is 4.70. The Morgan fingerprint density at radius 2 is 1.82 bits per heavy atom. The summed E-state index contributed by atoms with van der Waals surface area (Å²) in [5, 5.41) is 0. The number of nitrogens with zero attached hydrogens (tertiary/aromatic N) is 1. The number of alkyl halides is 3. The van der Waals surface area contributed by atoms with E-state index in [1.165, 1.54) is 18.9 Å². The second-order valence-corrected chi connectivity index (χ2v) is 2.70. The van der Waals surface area contributed by atoms with Crippen molar-refractivity contribution in [2.45, 2.75) is 32.5 Å². The maximum atomic E-state index is 12.0. The maximum absolute atomic E-state index is 12.0. The fraction of sp³-hybridized carbons (Fsp3) is 1.00. The summed E-state index contributed by atoms with van der Waals surface area (Å²) in [5.41, 5.74) is 0. The fourth-order valence-electron chi connectivity index (χ4n) is 0.796. The number of halogens is 3. The van der Waals surface area contributed by atoms with Crippen molar-refractivity contribution in [2.24, 2.45) is 0 Å². The van der Waals surface area contributed by atoms with Crippen molar-refractivity contribution in [3.05, 3.63) is 0 Å². The molecular weight excluding hydrogens is 155 g/mol. The highest BCUT2D eigenvalue weighted by atomic mass is 19.4. The van der Waals surface area contributed by atoms with Crippen molar-refractivity contribution in [3.8, 4) is 0 Å². The third-order valence-corrected chi connectivity index (χ3v) is 1.71. The predicted octanol–water partition coefficient (Wildman–Crippen LogP) is 2.28. The van der Waals surface area contributed by atoms with Gasteiger partial charge in [-0.25, -0.2) is 0 Å². The molecule has 0 aromatic heterocycles. The molecule has 0 aliphatic heterocycles. The largest absolute Gasteiger partial charge is 0.403 e. The smallest absolute Gasteiger partial charge is 0.296 e. The summed E-state index contributed by atoms with van der Waals surface area (Å²) in [4.78, 5) is 1.31. The van der Waals surface area contributed by atoms with Crippen molar-refractivity contribution in [3.63, 3.8) is 0 Å². The van der Waals surface area contributed by atoms with Crippen LogP contribution < -0.4 is 0 Å². The highest BCUT2D eigenvalue weighted by Crippen LogP contribution is 2.23. The van der Waals surface area contributed by atoms with Crippen LogP contribution in [0.1, 0.15) is 20.3 Å². The Balaban J connectivity index is 3.91. The molecule has 0 unspecified atom stereocenters. The molecule has 0 rings (SSSR count). The van der Waals surface area contributed by atoms with Crippen LogP contribution in [0.15, 0.2) is 0 Å². The third kappa shape index (κ3) is 3.60. The van der Waals surface area contributed by atoms with Gasteiger partial charge in [0, 0.05) is 0 Å². The van der Waals surface area contributed by atoms with Gasteiger partial charge in [-0.3, -0.25) is 4.90 Å². The van der Waals surface area contributed by atoms with E-state index in [0.29, 0.717) is 6.54 Å². The Hall–Kier alpha value is -0.250. The minimum atomic E-state index is -4.09. The van der Waals surface area contributed by atoms with Gasteiger partial charge >= 0.3 is 6.18 Å². The van der Waals surface area contributed by atoms with Crippen molar-refractivity contribution < 1.29 is 13.2 Å². The van der Waals surface area contributed by atoms with E-state index in [9.17, 15) is 13.2 Å². The summed E-state index contributed by atoms with van der Waals surface area (Å²) in [6.07, 6.45) is -3.35. The topological polar surface area (TPSA) is 3.24 Å². The van der Waals surface area contributed by atoms with Crippen molar-refractivity contribution in [2.75, 3.05) is 13.6 Å². The van der Waals surface area contributed by atoms with E-state index in [1.807, 2.05) is 6.92 Å². The fourth-order valence-corrected chi connectivity index (χ4v) is 0.796. The van der Waals surface area contributed by atoms with Crippen LogP contribution in [0, 0.1) is 0 Å². The lowest BCUT2D eigenvalue weighted by molar-refractivity contribution is -0.175. The lowest BCUT2D eigenvalue weighted by atomic mass is 10.3. The first-order chi connectivity index (χ1) is 4.89. The minimum absolute atomic E-state index is 0.487. The normalized spacial score (nSPS) is 15.5. The molecule has 1 nitrogen and oxygen atoms in total. The van der Waals surface area contributed by atoms with E-state index in [4.69, 9.17) is 0 Å². The number of hydrogen-bond acceptors (Lipinski definition) is 1. The average molecular weight is 169 g/mol. The summed E-state index contributed by atoms with van der Waals surface area (Å²) in [5.74, 6) is 0. The highest BCUT2D eigenvalue weighted by Gasteiger charge is 2.38. The molecular formula is C7H14F3N. The van der Waals surface area contributed by atoms with Gasteiger partial charge in [0.25, 0.3) is 0 Å². The number of rotatable bonds is 3. The van der Waals surface area contributed by atoms with Crippen LogP contribution in [0.2, 0.25) is 0 Å². The Morgan fingerprint density at radius 3 is 2.09 bits per heavy atom. The molecule has 0 N–H and O–H groups in total. The molecule has 0 aromatic rings. The van der Waals surface area contributed by atoms with Gasteiger partial charge in [0.15, 0.2) is 0 Å². The summed E-state index contributed by atoms with van der Waals surface area (Å²) >= 11 is 0. The first kappa shape index (κ1) is 10.8. The van der Waals surface area contributed by atoms with Gasteiger partial charge in [0.1, 0.15) is 6.04 Å². The Kier molecular flexibility index (Phi) is 3.86. The summed E-state index contributed by atoms with van der Waals surface area (Å²) < 4.78 is 35.9. The van der Waals surface area contributed by atoms with E-state index in [0.717, 1.165) is 6.42 Å². The Labute approximate surface area is 65.2 Å². The van der Waals surface area contributed by atoms with Crippen LogP contribution in [-0.4, -0.2) is 30.7 Å². The van der Waals surface area contributed by atoms with Crippen molar-refractivity contribution >= 4 is 0 Å². The second kappa shape index (κ2) is 3.95. The molecule has 0 bridgehead atoms. The zero-order valence-electron chi connectivity index (χ0n) is 7.07. The van der Waals surface area contributed by atoms with Crippen LogP contribution in [0.4, 0.5) is 13.2 Å². The molecule has 11 heavy (non-hydrogen) atoms. The SMILES string of the molecule is CCCN(C)[C@H](C)C(F)(F)F. The zero-order valence-corrected chi connectivity index (χ0v) is 7.07. The van der Waals surface area contributed by atoms with E-state index in [1.54, 1.807) is 0 Å². The predicted molar refractivity (Wildman–Crippen MR) is 38.4 cm³/mol. The van der Waals surface area contributed by atoms with Gasteiger partial charge in [-0.1, -0.05) is 6.92 Å². The number of hydrogen-bond donors (Lipinski definition) is 0. The first-order valence-corrected chi connectivity index (χ1v) is 3.66. The quantitative estimate of drug-likeness (QED) is 0.626. The first-order valence-electron chi connectivity index (χ1n) is 3.66. The second-order valence-electron chi connectivity index (χ2n) is 2.70. The molecule has 4 heteroatoms. The summed E-state index contributed by atoms with van der Waals surface area (Å²) in [6, 6.07) is -1.33. The molecule has 0 amide bonds. The zero-order chi connectivity index (χ0) is 9.07. The van der Waals surface area contributed by atoms with E-state index in [-0.39, 0.29) is 0 Å². The molecule has 0 radical (unpaired) electrons. The van der Waals surface area contributed by atoms with E-state index < -0.39 is 12.2 Å². The molecule has 68 valence electrons. The van der Waals surface area contributed by atoms with Crippen molar-refractivity contribution in [1.82, 2.24) is 4.90 Å². The molecule has 0 fully saturated rings. The maximum Gasteiger partial charge on any atom is 0.403 e. The molecule has 1 atom stereocenters. The van der Waals surface area contributed by atoms with Crippen LogP contribution in [-0.2, 0) is 0 Å².